The lowest BCUT2D eigenvalue weighted by atomic mass is 10.1. The minimum atomic E-state index is -0.557. The smallest absolute Gasteiger partial charge is 0.356 e. The maximum atomic E-state index is 12.8. The molecular formula is C23H24Cl2N4O3. The number of hydrogen-bond acceptors (Lipinski definition) is 5. The molecule has 4 rings (SSSR count). The second kappa shape index (κ2) is 9.40. The van der Waals surface area contributed by atoms with E-state index >= 15 is 0 Å². The van der Waals surface area contributed by atoms with Gasteiger partial charge in [-0.25, -0.2) is 4.79 Å². The van der Waals surface area contributed by atoms with E-state index < -0.39 is 5.97 Å². The Morgan fingerprint density at radius 1 is 1.06 bits per heavy atom. The molecule has 3 aromatic rings. The van der Waals surface area contributed by atoms with Crippen LogP contribution in [-0.4, -0.2) is 61.6 Å². The van der Waals surface area contributed by atoms with Crippen LogP contribution in [0.25, 0.3) is 10.9 Å². The van der Waals surface area contributed by atoms with Gasteiger partial charge >= 0.3 is 5.97 Å². The molecule has 32 heavy (non-hydrogen) atoms. The highest BCUT2D eigenvalue weighted by molar-refractivity contribution is 6.31. The van der Waals surface area contributed by atoms with Crippen molar-refractivity contribution in [2.45, 2.75) is 6.92 Å². The largest absolute Gasteiger partial charge is 0.464 e. The molecule has 0 saturated carbocycles. The number of carbonyl (C=O) groups is 2. The highest BCUT2D eigenvalue weighted by Crippen LogP contribution is 2.31. The SMILES string of the molecule is COC(=O)c1[nH]c2ccc(Cl)cc2c1NC(=O)CN1CCN(c2cc(Cl)ccc2C)CC1. The Bertz CT molecular complexity index is 1170. The van der Waals surface area contributed by atoms with Gasteiger partial charge in [-0.15, -0.1) is 0 Å². The Balaban J connectivity index is 1.44. The van der Waals surface area contributed by atoms with Crippen molar-refractivity contribution < 1.29 is 14.3 Å². The first-order valence-corrected chi connectivity index (χ1v) is 11.0. The lowest BCUT2D eigenvalue weighted by Crippen LogP contribution is -2.48. The van der Waals surface area contributed by atoms with Gasteiger partial charge in [-0.1, -0.05) is 29.3 Å². The Morgan fingerprint density at radius 3 is 2.47 bits per heavy atom. The number of esters is 1. The third kappa shape index (κ3) is 4.70. The summed E-state index contributed by atoms with van der Waals surface area (Å²) in [6.07, 6.45) is 0. The number of anilines is 2. The molecule has 0 bridgehead atoms. The molecule has 1 aliphatic rings. The van der Waals surface area contributed by atoms with Gasteiger partial charge in [0, 0.05) is 52.8 Å². The first kappa shape index (κ1) is 22.5. The average molecular weight is 475 g/mol. The molecule has 2 aromatic carbocycles. The Morgan fingerprint density at radius 2 is 1.75 bits per heavy atom. The topological polar surface area (TPSA) is 77.7 Å². The van der Waals surface area contributed by atoms with E-state index in [1.54, 1.807) is 18.2 Å². The fourth-order valence-electron chi connectivity index (χ4n) is 4.00. The Labute approximate surface area is 196 Å². The summed E-state index contributed by atoms with van der Waals surface area (Å²) < 4.78 is 4.86. The molecular weight excluding hydrogens is 451 g/mol. The van der Waals surface area contributed by atoms with Crippen LogP contribution in [0.1, 0.15) is 16.1 Å². The molecule has 7 nitrogen and oxygen atoms in total. The van der Waals surface area contributed by atoms with Gasteiger partial charge in [-0.2, -0.15) is 0 Å². The van der Waals surface area contributed by atoms with Gasteiger partial charge in [-0.3, -0.25) is 9.69 Å². The zero-order chi connectivity index (χ0) is 22.8. The molecule has 2 heterocycles. The molecule has 1 amide bonds. The number of benzene rings is 2. The van der Waals surface area contributed by atoms with E-state index in [1.807, 2.05) is 18.2 Å². The molecule has 2 N–H and O–H groups in total. The van der Waals surface area contributed by atoms with Crippen LogP contribution in [0.15, 0.2) is 36.4 Å². The van der Waals surface area contributed by atoms with Gasteiger partial charge < -0.3 is 19.9 Å². The molecule has 1 aromatic heterocycles. The van der Waals surface area contributed by atoms with Gasteiger partial charge in [0.15, 0.2) is 0 Å². The molecule has 0 radical (unpaired) electrons. The molecule has 1 fully saturated rings. The van der Waals surface area contributed by atoms with Gasteiger partial charge in [0.05, 0.1) is 19.3 Å². The van der Waals surface area contributed by atoms with Gasteiger partial charge in [0.1, 0.15) is 5.69 Å². The number of aromatic amines is 1. The summed E-state index contributed by atoms with van der Waals surface area (Å²) in [6, 6.07) is 11.1. The first-order valence-electron chi connectivity index (χ1n) is 10.3. The van der Waals surface area contributed by atoms with E-state index in [1.165, 1.54) is 12.7 Å². The molecule has 1 saturated heterocycles. The van der Waals surface area contributed by atoms with Crippen molar-refractivity contribution in [1.29, 1.82) is 0 Å². The van der Waals surface area contributed by atoms with Crippen LogP contribution < -0.4 is 10.2 Å². The van der Waals surface area contributed by atoms with Crippen LogP contribution in [0.4, 0.5) is 11.4 Å². The van der Waals surface area contributed by atoms with Crippen molar-refractivity contribution >= 4 is 57.4 Å². The molecule has 1 aliphatic heterocycles. The second-order valence-electron chi connectivity index (χ2n) is 7.80. The Kier molecular flexibility index (Phi) is 6.60. The highest BCUT2D eigenvalue weighted by Gasteiger charge is 2.24. The van der Waals surface area contributed by atoms with Crippen molar-refractivity contribution in [2.24, 2.45) is 0 Å². The van der Waals surface area contributed by atoms with Crippen molar-refractivity contribution in [3.8, 4) is 0 Å². The number of amides is 1. The predicted molar refractivity (Wildman–Crippen MR) is 128 cm³/mol. The van der Waals surface area contributed by atoms with Crippen LogP contribution >= 0.6 is 23.2 Å². The van der Waals surface area contributed by atoms with Gasteiger partial charge in [-0.05, 0) is 42.8 Å². The summed E-state index contributed by atoms with van der Waals surface area (Å²) in [5.41, 5.74) is 3.57. The molecule has 0 atom stereocenters. The molecule has 0 aliphatic carbocycles. The third-order valence-electron chi connectivity index (χ3n) is 5.67. The number of nitrogens with one attached hydrogen (secondary N) is 2. The molecule has 168 valence electrons. The van der Waals surface area contributed by atoms with Gasteiger partial charge in [0.25, 0.3) is 0 Å². The number of carbonyl (C=O) groups excluding carboxylic acids is 2. The van der Waals surface area contributed by atoms with Crippen molar-refractivity contribution in [3.63, 3.8) is 0 Å². The zero-order valence-electron chi connectivity index (χ0n) is 17.9. The fourth-order valence-corrected chi connectivity index (χ4v) is 4.34. The number of methoxy groups -OCH3 is 1. The van der Waals surface area contributed by atoms with Crippen LogP contribution in [0, 0.1) is 6.92 Å². The predicted octanol–water partition coefficient (Wildman–Crippen LogP) is 4.33. The monoisotopic (exact) mass is 474 g/mol. The average Bonchev–Trinajstić information content (AvgIpc) is 3.13. The summed E-state index contributed by atoms with van der Waals surface area (Å²) in [7, 11) is 1.30. The number of hydrogen-bond donors (Lipinski definition) is 2. The van der Waals surface area contributed by atoms with E-state index in [2.05, 4.69) is 27.0 Å². The summed E-state index contributed by atoms with van der Waals surface area (Å²) in [5.74, 6) is -0.762. The lowest BCUT2D eigenvalue weighted by Gasteiger charge is -2.36. The standard InChI is InChI=1S/C23H24Cl2N4O3/c1-14-3-4-16(25)12-19(14)29-9-7-28(8-10-29)13-20(30)27-21-17-11-15(24)5-6-18(17)26-22(21)23(31)32-2/h3-6,11-12,26H,7-10,13H2,1-2H3,(H,27,30). The number of piperazine rings is 1. The third-order valence-corrected chi connectivity index (χ3v) is 6.14. The number of rotatable bonds is 5. The summed E-state index contributed by atoms with van der Waals surface area (Å²) >= 11 is 12.3. The van der Waals surface area contributed by atoms with Crippen LogP contribution in [0.5, 0.6) is 0 Å². The van der Waals surface area contributed by atoms with E-state index in [0.717, 1.165) is 31.9 Å². The summed E-state index contributed by atoms with van der Waals surface area (Å²) in [4.78, 5) is 32.4. The highest BCUT2D eigenvalue weighted by atomic mass is 35.5. The number of aryl methyl sites for hydroxylation is 1. The van der Waals surface area contributed by atoms with Crippen molar-refractivity contribution in [2.75, 3.05) is 50.1 Å². The van der Waals surface area contributed by atoms with E-state index in [4.69, 9.17) is 27.9 Å². The van der Waals surface area contributed by atoms with Crippen molar-refractivity contribution in [3.05, 3.63) is 57.7 Å². The summed E-state index contributed by atoms with van der Waals surface area (Å²) in [5, 5.41) is 4.77. The van der Waals surface area contributed by atoms with Crippen LogP contribution in [-0.2, 0) is 9.53 Å². The lowest BCUT2D eigenvalue weighted by molar-refractivity contribution is -0.117. The quantitative estimate of drug-likeness (QED) is 0.538. The number of aromatic nitrogens is 1. The van der Waals surface area contributed by atoms with Crippen LogP contribution in [0.3, 0.4) is 0 Å². The number of ether oxygens (including phenoxy) is 1. The van der Waals surface area contributed by atoms with Gasteiger partial charge in [0.2, 0.25) is 5.91 Å². The zero-order valence-corrected chi connectivity index (χ0v) is 19.4. The van der Waals surface area contributed by atoms with E-state index in [-0.39, 0.29) is 18.1 Å². The molecule has 9 heteroatoms. The second-order valence-corrected chi connectivity index (χ2v) is 8.67. The Hall–Kier alpha value is -2.74. The normalized spacial score (nSPS) is 14.6. The maximum Gasteiger partial charge on any atom is 0.356 e. The minimum absolute atomic E-state index is 0.194. The van der Waals surface area contributed by atoms with Crippen LogP contribution in [0.2, 0.25) is 10.0 Å². The molecule has 0 unspecified atom stereocenters. The maximum absolute atomic E-state index is 12.8. The minimum Gasteiger partial charge on any atom is -0.464 e. The number of fused-ring (bicyclic) bond motifs is 1. The molecule has 0 spiro atoms. The fraction of sp³-hybridized carbons (Fsp3) is 0.304. The van der Waals surface area contributed by atoms with E-state index in [0.29, 0.717) is 26.6 Å². The van der Waals surface area contributed by atoms with Crippen molar-refractivity contribution in [1.82, 2.24) is 9.88 Å². The first-order chi connectivity index (χ1) is 15.4. The number of halogens is 2. The number of nitrogens with zero attached hydrogens (tertiary/aromatic N) is 2. The summed E-state index contributed by atoms with van der Waals surface area (Å²) in [6.45, 7) is 5.36. The van der Waals surface area contributed by atoms with E-state index in [9.17, 15) is 9.59 Å². The number of H-pyrrole nitrogens is 1.